The van der Waals surface area contributed by atoms with Gasteiger partial charge in [-0.05, 0) is 19.4 Å². The third-order valence-corrected chi connectivity index (χ3v) is 3.27. The van der Waals surface area contributed by atoms with Crippen LogP contribution in [0, 0.1) is 11.8 Å². The molecule has 0 aromatic carbocycles. The highest BCUT2D eigenvalue weighted by atomic mass is 16.4. The van der Waals surface area contributed by atoms with Gasteiger partial charge in [-0.1, -0.05) is 6.92 Å². The van der Waals surface area contributed by atoms with Crippen LogP contribution in [-0.4, -0.2) is 59.1 Å². The minimum Gasteiger partial charge on any atom is -0.481 e. The minimum absolute atomic E-state index is 0.103. The second-order valence-electron chi connectivity index (χ2n) is 4.76. The van der Waals surface area contributed by atoms with Crippen LogP contribution in [0.25, 0.3) is 0 Å². The predicted molar refractivity (Wildman–Crippen MR) is 66.6 cm³/mol. The number of nitrogens with one attached hydrogen (secondary N) is 1. The van der Waals surface area contributed by atoms with E-state index in [1.807, 2.05) is 6.92 Å². The molecule has 108 valence electrons. The second kappa shape index (κ2) is 7.08. The Hall–Kier alpha value is -1.63. The first kappa shape index (κ1) is 15.4. The van der Waals surface area contributed by atoms with Crippen LogP contribution in [0.4, 0.5) is 0 Å². The van der Waals surface area contributed by atoms with E-state index in [1.165, 1.54) is 0 Å². The molecule has 7 heteroatoms. The molecule has 1 amide bonds. The zero-order valence-electron chi connectivity index (χ0n) is 11.0. The van der Waals surface area contributed by atoms with Crippen LogP contribution in [0.1, 0.15) is 19.8 Å². The largest absolute Gasteiger partial charge is 0.481 e. The van der Waals surface area contributed by atoms with Crippen LogP contribution in [0.15, 0.2) is 0 Å². The highest BCUT2D eigenvalue weighted by Crippen LogP contribution is 2.24. The van der Waals surface area contributed by atoms with Crippen molar-refractivity contribution >= 4 is 17.8 Å². The predicted octanol–water partition coefficient (Wildman–Crippen LogP) is -0.380. The van der Waals surface area contributed by atoms with Gasteiger partial charge in [0.1, 0.15) is 0 Å². The van der Waals surface area contributed by atoms with Gasteiger partial charge in [0, 0.05) is 13.1 Å². The number of nitrogens with zero attached hydrogens (tertiary/aromatic N) is 1. The average Bonchev–Trinajstić information content (AvgIpc) is 2.35. The molecule has 0 saturated carbocycles. The van der Waals surface area contributed by atoms with Crippen LogP contribution in [0.5, 0.6) is 0 Å². The van der Waals surface area contributed by atoms with Crippen molar-refractivity contribution in [1.82, 2.24) is 10.2 Å². The highest BCUT2D eigenvalue weighted by molar-refractivity contribution is 5.81. The summed E-state index contributed by atoms with van der Waals surface area (Å²) in [6.07, 6.45) is 1.10. The van der Waals surface area contributed by atoms with Crippen molar-refractivity contribution in [3.05, 3.63) is 0 Å². The molecule has 19 heavy (non-hydrogen) atoms. The van der Waals surface area contributed by atoms with E-state index in [9.17, 15) is 14.4 Å². The Labute approximate surface area is 111 Å². The van der Waals surface area contributed by atoms with E-state index in [0.29, 0.717) is 13.1 Å². The number of carboxylic acid groups (broad SMARTS) is 2. The molecule has 1 rings (SSSR count). The first-order chi connectivity index (χ1) is 8.95. The average molecular weight is 272 g/mol. The Balaban J connectivity index is 2.54. The molecule has 2 atom stereocenters. The molecule has 0 aromatic heterocycles. The SMILES string of the molecule is CCCNC(=O)CN1CCC(C(=O)O)C(C(=O)O)C1. The van der Waals surface area contributed by atoms with Crippen molar-refractivity contribution in [3.8, 4) is 0 Å². The van der Waals surface area contributed by atoms with E-state index in [-0.39, 0.29) is 25.4 Å². The molecule has 2 unspecified atom stereocenters. The van der Waals surface area contributed by atoms with E-state index in [2.05, 4.69) is 5.32 Å². The summed E-state index contributed by atoms with van der Waals surface area (Å²) >= 11 is 0. The Morgan fingerprint density at radius 3 is 2.37 bits per heavy atom. The van der Waals surface area contributed by atoms with Gasteiger partial charge in [0.15, 0.2) is 0 Å². The molecule has 1 fully saturated rings. The summed E-state index contributed by atoms with van der Waals surface area (Å²) in [5.41, 5.74) is 0. The lowest BCUT2D eigenvalue weighted by atomic mass is 9.85. The smallest absolute Gasteiger partial charge is 0.308 e. The van der Waals surface area contributed by atoms with Gasteiger partial charge in [-0.25, -0.2) is 0 Å². The van der Waals surface area contributed by atoms with E-state index >= 15 is 0 Å². The first-order valence-corrected chi connectivity index (χ1v) is 6.40. The molecule has 1 aliphatic heterocycles. The number of hydrogen-bond acceptors (Lipinski definition) is 4. The lowest BCUT2D eigenvalue weighted by Crippen LogP contribution is -2.49. The minimum atomic E-state index is -1.12. The van der Waals surface area contributed by atoms with Gasteiger partial charge in [0.25, 0.3) is 0 Å². The van der Waals surface area contributed by atoms with Crippen molar-refractivity contribution in [2.24, 2.45) is 11.8 Å². The fourth-order valence-electron chi connectivity index (χ4n) is 2.23. The van der Waals surface area contributed by atoms with Crippen molar-refractivity contribution in [2.75, 3.05) is 26.2 Å². The zero-order chi connectivity index (χ0) is 14.4. The van der Waals surface area contributed by atoms with E-state index in [1.54, 1.807) is 4.90 Å². The van der Waals surface area contributed by atoms with E-state index in [0.717, 1.165) is 6.42 Å². The van der Waals surface area contributed by atoms with Crippen LogP contribution < -0.4 is 5.32 Å². The molecule has 1 saturated heterocycles. The Bertz CT molecular complexity index is 358. The summed E-state index contributed by atoms with van der Waals surface area (Å²) in [6, 6.07) is 0. The third kappa shape index (κ3) is 4.51. The molecular weight excluding hydrogens is 252 g/mol. The highest BCUT2D eigenvalue weighted by Gasteiger charge is 2.38. The van der Waals surface area contributed by atoms with Crippen LogP contribution in [-0.2, 0) is 14.4 Å². The summed E-state index contributed by atoms with van der Waals surface area (Å²) < 4.78 is 0. The second-order valence-corrected chi connectivity index (χ2v) is 4.76. The fourth-order valence-corrected chi connectivity index (χ4v) is 2.23. The van der Waals surface area contributed by atoms with Gasteiger partial charge in [-0.3, -0.25) is 19.3 Å². The van der Waals surface area contributed by atoms with Gasteiger partial charge >= 0.3 is 11.9 Å². The molecule has 0 bridgehead atoms. The maximum absolute atomic E-state index is 11.5. The quantitative estimate of drug-likeness (QED) is 0.608. The number of carboxylic acids is 2. The lowest BCUT2D eigenvalue weighted by Gasteiger charge is -2.34. The topological polar surface area (TPSA) is 107 Å². The van der Waals surface area contributed by atoms with Crippen molar-refractivity contribution in [3.63, 3.8) is 0 Å². The van der Waals surface area contributed by atoms with Gasteiger partial charge < -0.3 is 15.5 Å². The number of piperidine rings is 1. The number of likely N-dealkylation sites (tertiary alicyclic amines) is 1. The molecule has 0 aromatic rings. The van der Waals surface area contributed by atoms with Gasteiger partial charge in [0.2, 0.25) is 5.91 Å². The number of rotatable bonds is 6. The number of hydrogen-bond donors (Lipinski definition) is 3. The molecule has 1 heterocycles. The summed E-state index contributed by atoms with van der Waals surface area (Å²) in [4.78, 5) is 35.3. The van der Waals surface area contributed by atoms with Gasteiger partial charge in [0.05, 0.1) is 18.4 Å². The van der Waals surface area contributed by atoms with Crippen LogP contribution in [0.3, 0.4) is 0 Å². The maximum atomic E-state index is 11.5. The molecular formula is C12H20N2O5. The van der Waals surface area contributed by atoms with E-state index < -0.39 is 23.8 Å². The van der Waals surface area contributed by atoms with E-state index in [4.69, 9.17) is 10.2 Å². The monoisotopic (exact) mass is 272 g/mol. The number of carbonyl (C=O) groups excluding carboxylic acids is 1. The normalized spacial score (nSPS) is 23.8. The first-order valence-electron chi connectivity index (χ1n) is 6.40. The molecule has 1 aliphatic rings. The molecule has 0 spiro atoms. The zero-order valence-corrected chi connectivity index (χ0v) is 11.0. The molecule has 0 radical (unpaired) electrons. The van der Waals surface area contributed by atoms with Crippen molar-refractivity contribution in [1.29, 1.82) is 0 Å². The van der Waals surface area contributed by atoms with Crippen molar-refractivity contribution < 1.29 is 24.6 Å². The summed E-state index contributed by atoms with van der Waals surface area (Å²) in [6.45, 7) is 3.19. The van der Waals surface area contributed by atoms with Crippen LogP contribution >= 0.6 is 0 Å². The molecule has 3 N–H and O–H groups in total. The number of aliphatic carboxylic acids is 2. The number of carbonyl (C=O) groups is 3. The Kier molecular flexibility index (Phi) is 5.75. The third-order valence-electron chi connectivity index (χ3n) is 3.27. The summed E-state index contributed by atoms with van der Waals surface area (Å²) in [5, 5.41) is 20.8. The standard InChI is InChI=1S/C12H20N2O5/c1-2-4-13-10(15)7-14-5-3-8(11(16)17)9(6-14)12(18)19/h8-9H,2-7H2,1H3,(H,13,15)(H,16,17)(H,18,19). The maximum Gasteiger partial charge on any atom is 0.308 e. The Morgan fingerprint density at radius 2 is 1.84 bits per heavy atom. The van der Waals surface area contributed by atoms with Crippen LogP contribution in [0.2, 0.25) is 0 Å². The molecule has 0 aliphatic carbocycles. The lowest BCUT2D eigenvalue weighted by molar-refractivity contribution is -0.157. The van der Waals surface area contributed by atoms with Gasteiger partial charge in [-0.2, -0.15) is 0 Å². The Morgan fingerprint density at radius 1 is 1.21 bits per heavy atom. The summed E-state index contributed by atoms with van der Waals surface area (Å²) in [7, 11) is 0. The summed E-state index contributed by atoms with van der Waals surface area (Å²) in [5.74, 6) is -4.18. The van der Waals surface area contributed by atoms with Crippen molar-refractivity contribution in [2.45, 2.75) is 19.8 Å². The molecule has 7 nitrogen and oxygen atoms in total. The number of amides is 1. The fraction of sp³-hybridized carbons (Fsp3) is 0.750. The van der Waals surface area contributed by atoms with Gasteiger partial charge in [-0.15, -0.1) is 0 Å².